The number of aromatic nitrogens is 1. The van der Waals surface area contributed by atoms with E-state index in [1.165, 1.54) is 7.11 Å². The SMILES string of the molecule is COCC(=O)N1C[C@H]2[C@@H](c3ccccc31)[C@H](CO)N2C(=O)c1ccncc1. The minimum atomic E-state index is -0.309. The molecule has 1 aromatic heterocycles. The molecule has 7 nitrogen and oxygen atoms in total. The summed E-state index contributed by atoms with van der Waals surface area (Å²) >= 11 is 0. The third-order valence-electron chi connectivity index (χ3n) is 5.42. The molecule has 4 rings (SSSR count). The highest BCUT2D eigenvalue weighted by Gasteiger charge is 2.55. The van der Waals surface area contributed by atoms with E-state index in [9.17, 15) is 14.7 Å². The summed E-state index contributed by atoms with van der Waals surface area (Å²) in [7, 11) is 1.49. The first-order chi connectivity index (χ1) is 13.2. The van der Waals surface area contributed by atoms with E-state index in [0.29, 0.717) is 12.1 Å². The minimum absolute atomic E-state index is 0.00332. The lowest BCUT2D eigenvalue weighted by Crippen LogP contribution is -2.70. The number of fused-ring (bicyclic) bond motifs is 3. The largest absolute Gasteiger partial charge is 0.394 e. The van der Waals surface area contributed by atoms with Gasteiger partial charge in [0.25, 0.3) is 11.8 Å². The Hall–Kier alpha value is -2.77. The van der Waals surface area contributed by atoms with E-state index in [1.54, 1.807) is 34.3 Å². The lowest BCUT2D eigenvalue weighted by atomic mass is 9.71. The highest BCUT2D eigenvalue weighted by Crippen LogP contribution is 2.48. The number of ether oxygens (including phenoxy) is 1. The van der Waals surface area contributed by atoms with Crippen molar-refractivity contribution in [1.29, 1.82) is 0 Å². The molecule has 1 saturated heterocycles. The number of methoxy groups -OCH3 is 1. The van der Waals surface area contributed by atoms with Gasteiger partial charge >= 0.3 is 0 Å². The monoisotopic (exact) mass is 367 g/mol. The molecular weight excluding hydrogens is 346 g/mol. The van der Waals surface area contributed by atoms with Crippen LogP contribution < -0.4 is 4.90 Å². The highest BCUT2D eigenvalue weighted by atomic mass is 16.5. The lowest BCUT2D eigenvalue weighted by Gasteiger charge is -2.58. The molecule has 7 heteroatoms. The number of nitrogens with zero attached hydrogens (tertiary/aromatic N) is 3. The molecule has 2 aromatic rings. The van der Waals surface area contributed by atoms with Crippen LogP contribution >= 0.6 is 0 Å². The molecule has 0 radical (unpaired) electrons. The van der Waals surface area contributed by atoms with Crippen LogP contribution in [0.3, 0.4) is 0 Å². The molecule has 0 bridgehead atoms. The van der Waals surface area contributed by atoms with Crippen LogP contribution in [0.4, 0.5) is 5.69 Å². The molecule has 3 heterocycles. The van der Waals surface area contributed by atoms with Crippen molar-refractivity contribution in [3.63, 3.8) is 0 Å². The van der Waals surface area contributed by atoms with Gasteiger partial charge in [0.05, 0.1) is 18.7 Å². The molecule has 0 unspecified atom stereocenters. The van der Waals surface area contributed by atoms with E-state index in [2.05, 4.69) is 4.98 Å². The van der Waals surface area contributed by atoms with Crippen LogP contribution in [-0.4, -0.2) is 65.8 Å². The average molecular weight is 367 g/mol. The summed E-state index contributed by atoms with van der Waals surface area (Å²) in [5, 5.41) is 9.97. The van der Waals surface area contributed by atoms with Crippen LogP contribution in [0, 0.1) is 0 Å². The van der Waals surface area contributed by atoms with Gasteiger partial charge in [-0.15, -0.1) is 0 Å². The van der Waals surface area contributed by atoms with Gasteiger partial charge in [-0.3, -0.25) is 14.6 Å². The Labute approximate surface area is 157 Å². The Morgan fingerprint density at radius 3 is 2.67 bits per heavy atom. The van der Waals surface area contributed by atoms with Crippen molar-refractivity contribution in [2.75, 3.05) is 31.8 Å². The van der Waals surface area contributed by atoms with Gasteiger partial charge in [0.15, 0.2) is 0 Å². The molecule has 0 saturated carbocycles. The second kappa shape index (κ2) is 7.09. The van der Waals surface area contributed by atoms with E-state index in [1.807, 2.05) is 24.3 Å². The number of benzene rings is 1. The normalized spacial score (nSPS) is 23.3. The van der Waals surface area contributed by atoms with Gasteiger partial charge in [0.2, 0.25) is 0 Å². The van der Waals surface area contributed by atoms with Crippen molar-refractivity contribution < 1.29 is 19.4 Å². The molecule has 2 amide bonds. The number of aliphatic hydroxyl groups excluding tert-OH is 1. The van der Waals surface area contributed by atoms with Gasteiger partial charge in [0.1, 0.15) is 6.61 Å². The molecule has 140 valence electrons. The van der Waals surface area contributed by atoms with Crippen molar-refractivity contribution >= 4 is 17.5 Å². The van der Waals surface area contributed by atoms with Gasteiger partial charge in [-0.05, 0) is 23.8 Å². The summed E-state index contributed by atoms with van der Waals surface area (Å²) in [5.41, 5.74) is 2.34. The number of rotatable bonds is 4. The Morgan fingerprint density at radius 1 is 1.22 bits per heavy atom. The number of pyridine rings is 1. The molecule has 2 aliphatic rings. The van der Waals surface area contributed by atoms with Crippen molar-refractivity contribution in [2.24, 2.45) is 0 Å². The maximum Gasteiger partial charge on any atom is 0.254 e. The first-order valence-corrected chi connectivity index (χ1v) is 8.89. The third kappa shape index (κ3) is 2.79. The number of amides is 2. The number of hydrogen-bond donors (Lipinski definition) is 1. The maximum absolute atomic E-state index is 13.0. The van der Waals surface area contributed by atoms with Gasteiger partial charge < -0.3 is 19.6 Å². The van der Waals surface area contributed by atoms with Crippen LogP contribution in [0.1, 0.15) is 21.8 Å². The van der Waals surface area contributed by atoms with Crippen LogP contribution in [0.5, 0.6) is 0 Å². The van der Waals surface area contributed by atoms with Gasteiger partial charge in [0, 0.05) is 43.2 Å². The predicted octanol–water partition coefficient (Wildman–Crippen LogP) is 1.04. The summed E-state index contributed by atoms with van der Waals surface area (Å²) in [6, 6.07) is 10.5. The summed E-state index contributed by atoms with van der Waals surface area (Å²) in [5.74, 6) is -0.299. The fraction of sp³-hybridized carbons (Fsp3) is 0.350. The van der Waals surface area contributed by atoms with Gasteiger partial charge in [-0.2, -0.15) is 0 Å². The van der Waals surface area contributed by atoms with Crippen LogP contribution in [0.2, 0.25) is 0 Å². The smallest absolute Gasteiger partial charge is 0.254 e. The maximum atomic E-state index is 13.0. The molecule has 1 aromatic carbocycles. The number of aliphatic hydroxyl groups is 1. The summed E-state index contributed by atoms with van der Waals surface area (Å²) in [6.07, 6.45) is 3.14. The number of anilines is 1. The number of para-hydroxylation sites is 1. The van der Waals surface area contributed by atoms with Crippen LogP contribution in [0.25, 0.3) is 0 Å². The molecule has 1 N–H and O–H groups in total. The Morgan fingerprint density at radius 2 is 1.96 bits per heavy atom. The minimum Gasteiger partial charge on any atom is -0.394 e. The van der Waals surface area contributed by atoms with E-state index in [-0.39, 0.29) is 43.0 Å². The van der Waals surface area contributed by atoms with Crippen LogP contribution in [0.15, 0.2) is 48.8 Å². The number of likely N-dealkylation sites (tertiary alicyclic amines) is 1. The number of hydrogen-bond acceptors (Lipinski definition) is 5. The second-order valence-corrected chi connectivity index (χ2v) is 6.79. The van der Waals surface area contributed by atoms with Crippen molar-refractivity contribution in [3.8, 4) is 0 Å². The molecule has 2 aliphatic heterocycles. The molecule has 0 aliphatic carbocycles. The molecule has 27 heavy (non-hydrogen) atoms. The Balaban J connectivity index is 1.70. The second-order valence-electron chi connectivity index (χ2n) is 6.79. The fourth-order valence-corrected chi connectivity index (χ4v) is 4.25. The quantitative estimate of drug-likeness (QED) is 0.873. The van der Waals surface area contributed by atoms with Crippen LogP contribution in [-0.2, 0) is 9.53 Å². The van der Waals surface area contributed by atoms with Crippen molar-refractivity contribution in [3.05, 3.63) is 59.9 Å². The average Bonchev–Trinajstić information content (AvgIpc) is 2.69. The zero-order valence-electron chi connectivity index (χ0n) is 15.0. The van der Waals surface area contributed by atoms with Crippen molar-refractivity contribution in [1.82, 2.24) is 9.88 Å². The topological polar surface area (TPSA) is 83.0 Å². The van der Waals surface area contributed by atoms with Gasteiger partial charge in [-0.25, -0.2) is 0 Å². The summed E-state index contributed by atoms with van der Waals surface area (Å²) < 4.78 is 5.02. The summed E-state index contributed by atoms with van der Waals surface area (Å²) in [4.78, 5) is 32.9. The molecule has 1 fully saturated rings. The van der Waals surface area contributed by atoms with E-state index in [4.69, 9.17) is 4.74 Å². The van der Waals surface area contributed by atoms with E-state index in [0.717, 1.165) is 11.3 Å². The van der Waals surface area contributed by atoms with Gasteiger partial charge in [-0.1, -0.05) is 18.2 Å². The molecule has 0 spiro atoms. The van der Waals surface area contributed by atoms with Crippen molar-refractivity contribution in [2.45, 2.75) is 18.0 Å². The zero-order valence-corrected chi connectivity index (χ0v) is 15.0. The number of carbonyl (C=O) groups excluding carboxylic acids is 2. The Kier molecular flexibility index (Phi) is 4.63. The molecular formula is C20H21N3O4. The standard InChI is InChI=1S/C20H21N3O4/c1-27-12-18(25)22-10-16-19(14-4-2-3-5-15(14)22)17(11-24)23(16)20(26)13-6-8-21-9-7-13/h2-9,16-17,19,24H,10-12H2,1H3/t16-,17-,19+/m0/s1. The predicted molar refractivity (Wildman–Crippen MR) is 98.5 cm³/mol. The first kappa shape index (κ1) is 17.6. The van der Waals surface area contributed by atoms with E-state index >= 15 is 0 Å². The summed E-state index contributed by atoms with van der Waals surface area (Å²) in [6.45, 7) is 0.239. The third-order valence-corrected chi connectivity index (χ3v) is 5.42. The Bertz CT molecular complexity index is 857. The lowest BCUT2D eigenvalue weighted by molar-refractivity contribution is -0.123. The molecule has 3 atom stereocenters. The zero-order chi connectivity index (χ0) is 19.0. The fourth-order valence-electron chi connectivity index (χ4n) is 4.25. The van der Waals surface area contributed by atoms with E-state index < -0.39 is 0 Å². The highest BCUT2D eigenvalue weighted by molar-refractivity contribution is 5.98. The number of carbonyl (C=O) groups is 2. The first-order valence-electron chi connectivity index (χ1n) is 8.89.